The number of nitrogens with one attached hydrogen (secondary N) is 2. The van der Waals surface area contributed by atoms with Crippen LogP contribution < -0.4 is 16.6 Å². The van der Waals surface area contributed by atoms with Gasteiger partial charge < -0.3 is 15.8 Å². The lowest BCUT2D eigenvalue weighted by atomic mass is 9.86. The molecule has 0 radical (unpaired) electrons. The fourth-order valence-corrected chi connectivity index (χ4v) is 1.50. The van der Waals surface area contributed by atoms with Gasteiger partial charge in [-0.05, 0) is 34.6 Å². The lowest BCUT2D eigenvalue weighted by Gasteiger charge is -2.39. The third-order valence-corrected chi connectivity index (χ3v) is 3.78. The van der Waals surface area contributed by atoms with Gasteiger partial charge in [0, 0.05) is 11.5 Å². The van der Waals surface area contributed by atoms with Crippen LogP contribution >= 0.6 is 0 Å². The largest absolute Gasteiger partial charge is 0.388 e. The Balaban J connectivity index is 3.27. The van der Waals surface area contributed by atoms with Crippen molar-refractivity contribution < 1.29 is 5.11 Å². The summed E-state index contributed by atoms with van der Waals surface area (Å²) < 4.78 is 0. The maximum Gasteiger partial charge on any atom is 0.148 e. The van der Waals surface area contributed by atoms with Crippen LogP contribution in [0.4, 0.5) is 11.6 Å². The first kappa shape index (κ1) is 16.7. The molecule has 1 aromatic heterocycles. The lowest BCUT2D eigenvalue weighted by molar-refractivity contribution is 0.0238. The standard InChI is InChI=1S/C14H27N5O/c1-8(2)10-16-11(9(3)12(17-10)19-15)18-13(4,5)14(6,7)20/h8,20H,15H2,1-7H3,(H2,16,17,18,19). The predicted molar refractivity (Wildman–Crippen MR) is 82.7 cm³/mol. The molecular formula is C14H27N5O. The van der Waals surface area contributed by atoms with Crippen LogP contribution in [-0.2, 0) is 0 Å². The summed E-state index contributed by atoms with van der Waals surface area (Å²) in [6.07, 6.45) is 0. The maximum atomic E-state index is 10.3. The van der Waals surface area contributed by atoms with Gasteiger partial charge in [-0.15, -0.1) is 0 Å². The molecule has 0 aliphatic heterocycles. The quantitative estimate of drug-likeness (QED) is 0.488. The van der Waals surface area contributed by atoms with Crippen LogP contribution in [0.3, 0.4) is 0 Å². The average molecular weight is 281 g/mol. The zero-order valence-electron chi connectivity index (χ0n) is 13.5. The van der Waals surface area contributed by atoms with E-state index in [2.05, 4.69) is 20.7 Å². The van der Waals surface area contributed by atoms with Crippen LogP contribution in [0.1, 0.15) is 58.8 Å². The molecule has 0 atom stereocenters. The van der Waals surface area contributed by atoms with Crippen LogP contribution in [0.2, 0.25) is 0 Å². The summed E-state index contributed by atoms with van der Waals surface area (Å²) in [7, 11) is 0. The molecule has 0 saturated carbocycles. The molecular weight excluding hydrogens is 254 g/mol. The van der Waals surface area contributed by atoms with Crippen LogP contribution in [0.25, 0.3) is 0 Å². The predicted octanol–water partition coefficient (Wildman–Crippen LogP) is 2.16. The van der Waals surface area contributed by atoms with E-state index in [-0.39, 0.29) is 5.92 Å². The van der Waals surface area contributed by atoms with E-state index in [1.54, 1.807) is 13.8 Å². The molecule has 0 bridgehead atoms. The molecule has 1 heterocycles. The molecule has 0 aliphatic rings. The smallest absolute Gasteiger partial charge is 0.148 e. The highest BCUT2D eigenvalue weighted by atomic mass is 16.3. The van der Waals surface area contributed by atoms with Crippen molar-refractivity contribution in [3.63, 3.8) is 0 Å². The van der Waals surface area contributed by atoms with E-state index in [0.717, 1.165) is 5.56 Å². The van der Waals surface area contributed by atoms with E-state index in [9.17, 15) is 5.11 Å². The molecule has 1 aromatic rings. The second-order valence-corrected chi connectivity index (χ2v) is 6.51. The summed E-state index contributed by atoms with van der Waals surface area (Å²) in [5.41, 5.74) is 1.98. The van der Waals surface area contributed by atoms with Crippen molar-refractivity contribution in [1.82, 2.24) is 9.97 Å². The molecule has 0 saturated heterocycles. The second kappa shape index (κ2) is 5.54. The number of anilines is 2. The van der Waals surface area contributed by atoms with Gasteiger partial charge in [-0.2, -0.15) is 0 Å². The monoisotopic (exact) mass is 281 g/mol. The molecule has 5 N–H and O–H groups in total. The third-order valence-electron chi connectivity index (χ3n) is 3.78. The Kier molecular flexibility index (Phi) is 4.61. The molecule has 6 heteroatoms. The van der Waals surface area contributed by atoms with Crippen LogP contribution in [0.15, 0.2) is 0 Å². The molecule has 1 rings (SSSR count). The topological polar surface area (TPSA) is 96.1 Å². The van der Waals surface area contributed by atoms with E-state index < -0.39 is 11.1 Å². The Labute approximate surface area is 121 Å². The summed E-state index contributed by atoms with van der Waals surface area (Å²) >= 11 is 0. The van der Waals surface area contributed by atoms with Gasteiger partial charge in [0.1, 0.15) is 17.5 Å². The first-order valence-electron chi connectivity index (χ1n) is 6.85. The van der Waals surface area contributed by atoms with Gasteiger partial charge in [0.05, 0.1) is 11.1 Å². The number of hydrogen-bond acceptors (Lipinski definition) is 6. The van der Waals surface area contributed by atoms with E-state index in [1.807, 2.05) is 34.6 Å². The number of aliphatic hydroxyl groups is 1. The fraction of sp³-hybridized carbons (Fsp3) is 0.714. The highest BCUT2D eigenvalue weighted by Crippen LogP contribution is 2.29. The second-order valence-electron chi connectivity index (χ2n) is 6.51. The van der Waals surface area contributed by atoms with Gasteiger partial charge in [0.2, 0.25) is 0 Å². The molecule has 0 unspecified atom stereocenters. The van der Waals surface area contributed by atoms with E-state index >= 15 is 0 Å². The first-order chi connectivity index (χ1) is 8.99. The minimum absolute atomic E-state index is 0.188. The summed E-state index contributed by atoms with van der Waals surface area (Å²) in [4.78, 5) is 8.94. The average Bonchev–Trinajstić information content (AvgIpc) is 2.29. The summed E-state index contributed by atoms with van der Waals surface area (Å²) in [6.45, 7) is 13.3. The SMILES string of the molecule is Cc1c(NN)nc(C(C)C)nc1NC(C)(C)C(C)(C)O. The third kappa shape index (κ3) is 3.37. The maximum absolute atomic E-state index is 10.3. The van der Waals surface area contributed by atoms with Gasteiger partial charge in [0.15, 0.2) is 0 Å². The van der Waals surface area contributed by atoms with Crippen molar-refractivity contribution >= 4 is 11.6 Å². The zero-order chi connectivity index (χ0) is 15.7. The molecule has 114 valence electrons. The fourth-order valence-electron chi connectivity index (χ4n) is 1.50. The first-order valence-corrected chi connectivity index (χ1v) is 6.85. The van der Waals surface area contributed by atoms with Crippen LogP contribution in [0, 0.1) is 6.92 Å². The Bertz CT molecular complexity index is 477. The molecule has 0 aliphatic carbocycles. The molecule has 0 aromatic carbocycles. The highest BCUT2D eigenvalue weighted by molar-refractivity contribution is 5.58. The summed E-state index contributed by atoms with van der Waals surface area (Å²) in [5, 5.41) is 13.6. The van der Waals surface area contributed by atoms with Crippen molar-refractivity contribution in [1.29, 1.82) is 0 Å². The van der Waals surface area contributed by atoms with Gasteiger partial charge >= 0.3 is 0 Å². The zero-order valence-corrected chi connectivity index (χ0v) is 13.5. The minimum Gasteiger partial charge on any atom is -0.388 e. The lowest BCUT2D eigenvalue weighted by Crippen LogP contribution is -2.51. The number of nitrogen functional groups attached to an aromatic ring is 1. The van der Waals surface area contributed by atoms with Gasteiger partial charge in [0.25, 0.3) is 0 Å². The van der Waals surface area contributed by atoms with Crippen molar-refractivity contribution in [3.8, 4) is 0 Å². The summed E-state index contributed by atoms with van der Waals surface area (Å²) in [6, 6.07) is 0. The van der Waals surface area contributed by atoms with Crippen molar-refractivity contribution in [2.75, 3.05) is 10.7 Å². The minimum atomic E-state index is -0.904. The van der Waals surface area contributed by atoms with Crippen molar-refractivity contribution in [2.45, 2.75) is 65.5 Å². The van der Waals surface area contributed by atoms with Gasteiger partial charge in [-0.1, -0.05) is 13.8 Å². The van der Waals surface area contributed by atoms with E-state index in [0.29, 0.717) is 17.5 Å². The van der Waals surface area contributed by atoms with Gasteiger partial charge in [-0.3, -0.25) is 0 Å². The Morgan fingerprint density at radius 2 is 1.60 bits per heavy atom. The van der Waals surface area contributed by atoms with Gasteiger partial charge in [-0.25, -0.2) is 15.8 Å². The normalized spacial score (nSPS) is 12.7. The summed E-state index contributed by atoms with van der Waals surface area (Å²) in [5.74, 6) is 7.69. The number of nitrogens with zero attached hydrogens (tertiary/aromatic N) is 2. The Hall–Kier alpha value is -1.40. The van der Waals surface area contributed by atoms with Crippen LogP contribution in [0.5, 0.6) is 0 Å². The van der Waals surface area contributed by atoms with E-state index in [1.165, 1.54) is 0 Å². The number of nitrogens with two attached hydrogens (primary N) is 1. The molecule has 20 heavy (non-hydrogen) atoms. The van der Waals surface area contributed by atoms with E-state index in [4.69, 9.17) is 5.84 Å². The van der Waals surface area contributed by atoms with Crippen molar-refractivity contribution in [2.24, 2.45) is 5.84 Å². The number of rotatable bonds is 5. The molecule has 0 spiro atoms. The van der Waals surface area contributed by atoms with Crippen LogP contribution in [-0.4, -0.2) is 26.2 Å². The van der Waals surface area contributed by atoms with Crippen molar-refractivity contribution in [3.05, 3.63) is 11.4 Å². The highest BCUT2D eigenvalue weighted by Gasteiger charge is 2.35. The number of hydrazine groups is 1. The molecule has 0 amide bonds. The molecule has 6 nitrogen and oxygen atoms in total. The number of hydrogen-bond donors (Lipinski definition) is 4. The Morgan fingerprint density at radius 1 is 1.10 bits per heavy atom. The Morgan fingerprint density at radius 3 is 2.00 bits per heavy atom. The number of aromatic nitrogens is 2. The molecule has 0 fully saturated rings.